The van der Waals surface area contributed by atoms with Crippen LogP contribution in [0.3, 0.4) is 0 Å². The molecule has 2 aromatic carbocycles. The molecule has 3 aromatic rings. The molecule has 160 valence electrons. The molecule has 0 fully saturated rings. The number of thioether (sulfide) groups is 1. The van der Waals surface area contributed by atoms with E-state index in [0.29, 0.717) is 46.8 Å². The van der Waals surface area contributed by atoms with E-state index in [1.165, 1.54) is 11.8 Å². The fourth-order valence-electron chi connectivity index (χ4n) is 3.30. The van der Waals surface area contributed by atoms with Gasteiger partial charge in [-0.1, -0.05) is 42.1 Å². The summed E-state index contributed by atoms with van der Waals surface area (Å²) in [6.45, 7) is 4.78. The number of ether oxygens (including phenoxy) is 2. The van der Waals surface area contributed by atoms with E-state index in [1.54, 1.807) is 25.1 Å². The number of hydrogen-bond acceptors (Lipinski definition) is 6. The summed E-state index contributed by atoms with van der Waals surface area (Å²) in [6.07, 6.45) is -0.0677. The molecule has 31 heavy (non-hydrogen) atoms. The minimum absolute atomic E-state index is 0.0677. The van der Waals surface area contributed by atoms with Gasteiger partial charge in [0.2, 0.25) is 5.91 Å². The molecule has 1 aliphatic rings. The van der Waals surface area contributed by atoms with Crippen molar-refractivity contribution in [3.63, 3.8) is 0 Å². The molecule has 4 rings (SSSR count). The fourth-order valence-corrected chi connectivity index (χ4v) is 4.26. The summed E-state index contributed by atoms with van der Waals surface area (Å²) >= 11 is 1.48. The van der Waals surface area contributed by atoms with Crippen molar-refractivity contribution in [3.8, 4) is 11.5 Å². The molecule has 8 heteroatoms. The van der Waals surface area contributed by atoms with E-state index in [1.807, 2.05) is 30.3 Å². The standard InChI is InChI=1S/C23H23N3O4S/c1-14-18(13-21(27)25-17-8-9-19-20(12-17)30-11-10-29-19)22(28)26-23(24-14)31-15(2)16-6-4-3-5-7-16/h3-9,12,15H,10-11,13H2,1-2H3,(H,25,27)(H,24,26,28). The lowest BCUT2D eigenvalue weighted by atomic mass is 10.1. The van der Waals surface area contributed by atoms with Crippen LogP contribution in [-0.2, 0) is 11.2 Å². The number of anilines is 1. The predicted octanol–water partition coefficient (Wildman–Crippen LogP) is 3.88. The number of amides is 1. The smallest absolute Gasteiger partial charge is 0.255 e. The maximum atomic E-state index is 12.6. The molecular formula is C23H23N3O4S. The number of rotatable bonds is 6. The number of aromatic nitrogens is 2. The molecule has 0 radical (unpaired) electrons. The van der Waals surface area contributed by atoms with Crippen LogP contribution >= 0.6 is 11.8 Å². The number of hydrogen-bond donors (Lipinski definition) is 2. The lowest BCUT2D eigenvalue weighted by Gasteiger charge is -2.19. The van der Waals surface area contributed by atoms with Gasteiger partial charge >= 0.3 is 0 Å². The number of benzene rings is 2. The van der Waals surface area contributed by atoms with E-state index < -0.39 is 0 Å². The summed E-state index contributed by atoms with van der Waals surface area (Å²) in [4.78, 5) is 32.5. The molecule has 0 spiro atoms. The molecule has 0 saturated heterocycles. The van der Waals surface area contributed by atoms with Gasteiger partial charge in [0.05, 0.1) is 6.42 Å². The number of nitrogens with one attached hydrogen (secondary N) is 2. The van der Waals surface area contributed by atoms with E-state index in [9.17, 15) is 9.59 Å². The van der Waals surface area contributed by atoms with Crippen LogP contribution in [0.15, 0.2) is 58.5 Å². The summed E-state index contributed by atoms with van der Waals surface area (Å²) in [5.41, 5.74) is 2.33. The third kappa shape index (κ3) is 5.08. The van der Waals surface area contributed by atoms with E-state index in [-0.39, 0.29) is 23.1 Å². The van der Waals surface area contributed by atoms with Gasteiger partial charge in [0, 0.05) is 28.3 Å². The van der Waals surface area contributed by atoms with Crippen molar-refractivity contribution >= 4 is 23.4 Å². The number of nitrogens with zero attached hydrogens (tertiary/aromatic N) is 1. The Bertz CT molecular complexity index is 1150. The van der Waals surface area contributed by atoms with Gasteiger partial charge in [-0.25, -0.2) is 4.98 Å². The monoisotopic (exact) mass is 437 g/mol. The Labute approximate surface area is 184 Å². The Kier molecular flexibility index (Phi) is 6.27. The SMILES string of the molecule is Cc1nc(SC(C)c2ccccc2)[nH]c(=O)c1CC(=O)Nc1ccc2c(c1)OCCO2. The highest BCUT2D eigenvalue weighted by Gasteiger charge is 2.17. The molecule has 0 saturated carbocycles. The number of aromatic amines is 1. The zero-order chi connectivity index (χ0) is 21.8. The van der Waals surface area contributed by atoms with Gasteiger partial charge in [0.25, 0.3) is 5.56 Å². The average molecular weight is 438 g/mol. The van der Waals surface area contributed by atoms with Crippen molar-refractivity contribution in [3.05, 3.63) is 75.7 Å². The quantitative estimate of drug-likeness (QED) is 0.449. The highest BCUT2D eigenvalue weighted by atomic mass is 32.2. The topological polar surface area (TPSA) is 93.3 Å². The zero-order valence-electron chi connectivity index (χ0n) is 17.3. The number of aryl methyl sites for hydroxylation is 1. The van der Waals surface area contributed by atoms with Crippen LogP contribution in [0.2, 0.25) is 0 Å². The van der Waals surface area contributed by atoms with Crippen molar-refractivity contribution in [2.75, 3.05) is 18.5 Å². The molecule has 1 aliphatic heterocycles. The molecule has 7 nitrogen and oxygen atoms in total. The van der Waals surface area contributed by atoms with E-state index in [0.717, 1.165) is 5.56 Å². The maximum Gasteiger partial charge on any atom is 0.255 e. The molecule has 0 bridgehead atoms. The zero-order valence-corrected chi connectivity index (χ0v) is 18.1. The maximum absolute atomic E-state index is 12.6. The van der Waals surface area contributed by atoms with Crippen LogP contribution < -0.4 is 20.3 Å². The predicted molar refractivity (Wildman–Crippen MR) is 120 cm³/mol. The van der Waals surface area contributed by atoms with E-state index >= 15 is 0 Å². The third-order valence-electron chi connectivity index (χ3n) is 4.92. The van der Waals surface area contributed by atoms with Crippen LogP contribution in [0.4, 0.5) is 5.69 Å². The summed E-state index contributed by atoms with van der Waals surface area (Å²) in [7, 11) is 0. The molecule has 0 aliphatic carbocycles. The minimum Gasteiger partial charge on any atom is -0.486 e. The van der Waals surface area contributed by atoms with Crippen molar-refractivity contribution < 1.29 is 14.3 Å². The molecule has 1 aromatic heterocycles. The van der Waals surface area contributed by atoms with Crippen LogP contribution in [0.5, 0.6) is 11.5 Å². The largest absolute Gasteiger partial charge is 0.486 e. The molecule has 1 amide bonds. The first-order valence-corrected chi connectivity index (χ1v) is 10.9. The first-order valence-electron chi connectivity index (χ1n) is 10.0. The Balaban J connectivity index is 1.43. The second-order valence-electron chi connectivity index (χ2n) is 7.19. The highest BCUT2D eigenvalue weighted by molar-refractivity contribution is 7.99. The van der Waals surface area contributed by atoms with Crippen LogP contribution in [0, 0.1) is 6.92 Å². The number of carbonyl (C=O) groups excluding carboxylic acids is 1. The van der Waals surface area contributed by atoms with Crippen LogP contribution in [0.25, 0.3) is 0 Å². The Morgan fingerprint density at radius 1 is 1.16 bits per heavy atom. The number of carbonyl (C=O) groups is 1. The summed E-state index contributed by atoms with van der Waals surface area (Å²) < 4.78 is 11.0. The van der Waals surface area contributed by atoms with Crippen LogP contribution in [-0.4, -0.2) is 29.1 Å². The van der Waals surface area contributed by atoms with Crippen molar-refractivity contribution in [1.82, 2.24) is 9.97 Å². The van der Waals surface area contributed by atoms with E-state index in [4.69, 9.17) is 9.47 Å². The third-order valence-corrected chi connectivity index (χ3v) is 5.96. The second-order valence-corrected chi connectivity index (χ2v) is 8.52. The summed E-state index contributed by atoms with van der Waals surface area (Å²) in [5, 5.41) is 3.47. The lowest BCUT2D eigenvalue weighted by Crippen LogP contribution is -2.24. The van der Waals surface area contributed by atoms with Gasteiger partial charge in [-0.15, -0.1) is 0 Å². The van der Waals surface area contributed by atoms with Crippen molar-refractivity contribution in [2.45, 2.75) is 30.7 Å². The second kappa shape index (κ2) is 9.26. The molecule has 1 atom stereocenters. The first kappa shape index (κ1) is 21.0. The van der Waals surface area contributed by atoms with Gasteiger partial charge in [0.15, 0.2) is 16.7 Å². The van der Waals surface area contributed by atoms with Gasteiger partial charge in [-0.3, -0.25) is 9.59 Å². The number of H-pyrrole nitrogens is 1. The van der Waals surface area contributed by atoms with Crippen molar-refractivity contribution in [2.24, 2.45) is 0 Å². The number of fused-ring (bicyclic) bond motifs is 1. The summed E-state index contributed by atoms with van der Waals surface area (Å²) in [6, 6.07) is 15.2. The molecular weight excluding hydrogens is 414 g/mol. The normalized spacial score (nSPS) is 13.5. The first-order chi connectivity index (χ1) is 15.0. The van der Waals surface area contributed by atoms with Gasteiger partial charge in [-0.2, -0.15) is 0 Å². The van der Waals surface area contributed by atoms with Crippen LogP contribution in [0.1, 0.15) is 29.0 Å². The summed E-state index contributed by atoms with van der Waals surface area (Å²) in [5.74, 6) is 0.942. The van der Waals surface area contributed by atoms with Gasteiger partial charge < -0.3 is 19.8 Å². The molecule has 2 heterocycles. The Hall–Kier alpha value is -3.26. The fraction of sp³-hybridized carbons (Fsp3) is 0.261. The lowest BCUT2D eigenvalue weighted by molar-refractivity contribution is -0.115. The van der Waals surface area contributed by atoms with E-state index in [2.05, 4.69) is 22.2 Å². The molecule has 1 unspecified atom stereocenters. The van der Waals surface area contributed by atoms with Gasteiger partial charge in [0.1, 0.15) is 13.2 Å². The molecule has 2 N–H and O–H groups in total. The Morgan fingerprint density at radius 2 is 1.90 bits per heavy atom. The average Bonchev–Trinajstić information content (AvgIpc) is 2.77. The van der Waals surface area contributed by atoms with Gasteiger partial charge in [-0.05, 0) is 31.5 Å². The minimum atomic E-state index is -0.301. The highest BCUT2D eigenvalue weighted by Crippen LogP contribution is 2.33. The Morgan fingerprint density at radius 3 is 2.65 bits per heavy atom. The van der Waals surface area contributed by atoms with Crippen molar-refractivity contribution in [1.29, 1.82) is 0 Å².